The molecular weight excluding hydrogens is 147 g/mol. The van der Waals surface area contributed by atoms with Crippen molar-refractivity contribution in [2.24, 2.45) is 0 Å². The predicted octanol–water partition coefficient (Wildman–Crippen LogP) is 1.83. The average Bonchev–Trinajstić information content (AvgIpc) is 1.57. The lowest BCUT2D eigenvalue weighted by Gasteiger charge is -2.20. The summed E-state index contributed by atoms with van der Waals surface area (Å²) in [6, 6.07) is 0. The lowest BCUT2D eigenvalue weighted by molar-refractivity contribution is -0.264. The van der Waals surface area contributed by atoms with Gasteiger partial charge in [-0.25, -0.2) is 0 Å². The first kappa shape index (κ1) is 9.71. The molecule has 0 aliphatic carbocycles. The van der Waals surface area contributed by atoms with Crippen molar-refractivity contribution in [2.45, 2.75) is 32.7 Å². The van der Waals surface area contributed by atoms with Crippen LogP contribution in [0.3, 0.4) is 0 Å². The van der Waals surface area contributed by atoms with Crippen LogP contribution in [-0.4, -0.2) is 11.9 Å². The van der Waals surface area contributed by atoms with Crippen molar-refractivity contribution in [3.05, 3.63) is 0 Å². The van der Waals surface area contributed by atoms with Gasteiger partial charge in [0, 0.05) is 0 Å². The summed E-state index contributed by atoms with van der Waals surface area (Å²) in [4.78, 5) is 4.22. The second kappa shape index (κ2) is 2.75. The summed E-state index contributed by atoms with van der Waals surface area (Å²) in [7, 11) is 0. The minimum atomic E-state index is -4.46. The number of halogens is 3. The number of nitrogens with one attached hydrogen (secondary N) is 1. The molecule has 0 heterocycles. The molecule has 0 bridgehead atoms. The predicted molar refractivity (Wildman–Crippen MR) is 30.0 cm³/mol. The third kappa shape index (κ3) is 7.71. The molecule has 0 unspecified atom stereocenters. The van der Waals surface area contributed by atoms with Crippen molar-refractivity contribution < 1.29 is 18.0 Å². The Morgan fingerprint density at radius 3 is 1.60 bits per heavy atom. The number of alkyl halides is 3. The van der Waals surface area contributed by atoms with Crippen molar-refractivity contribution in [3.8, 4) is 0 Å². The minimum absolute atomic E-state index is 0.824. The first-order chi connectivity index (χ1) is 4.21. The fourth-order valence-corrected chi connectivity index (χ4v) is 0.211. The summed E-state index contributed by atoms with van der Waals surface area (Å²) >= 11 is 0. The van der Waals surface area contributed by atoms with E-state index in [1.165, 1.54) is 20.8 Å². The molecule has 0 saturated heterocycles. The van der Waals surface area contributed by atoms with Crippen LogP contribution in [0.2, 0.25) is 0 Å². The molecule has 0 amide bonds. The Hall–Kier alpha value is -0.290. The van der Waals surface area contributed by atoms with Gasteiger partial charge in [-0.1, -0.05) is 0 Å². The summed E-state index contributed by atoms with van der Waals surface area (Å²) in [6.45, 7) is 4.56. The van der Waals surface area contributed by atoms with Crippen LogP contribution in [-0.2, 0) is 4.84 Å². The van der Waals surface area contributed by atoms with E-state index >= 15 is 0 Å². The quantitative estimate of drug-likeness (QED) is 0.463. The van der Waals surface area contributed by atoms with Gasteiger partial charge in [0.2, 0.25) is 0 Å². The molecular formula is C5H10F3NO. The molecule has 0 aliphatic rings. The van der Waals surface area contributed by atoms with Crippen LogP contribution in [0.25, 0.3) is 0 Å². The van der Waals surface area contributed by atoms with E-state index in [1.807, 2.05) is 0 Å². The van der Waals surface area contributed by atoms with Crippen LogP contribution in [0.5, 0.6) is 0 Å². The van der Waals surface area contributed by atoms with Gasteiger partial charge in [0.1, 0.15) is 0 Å². The average molecular weight is 157 g/mol. The van der Waals surface area contributed by atoms with Gasteiger partial charge in [-0.15, -0.1) is 5.48 Å². The Balaban J connectivity index is 3.56. The van der Waals surface area contributed by atoms with Crippen molar-refractivity contribution in [2.75, 3.05) is 0 Å². The zero-order chi connectivity index (χ0) is 8.41. The highest BCUT2D eigenvalue weighted by Gasteiger charge is 2.29. The molecule has 0 spiro atoms. The van der Waals surface area contributed by atoms with Gasteiger partial charge in [-0.2, -0.15) is 13.2 Å². The van der Waals surface area contributed by atoms with Crippen LogP contribution >= 0.6 is 0 Å². The summed E-state index contributed by atoms with van der Waals surface area (Å²) in [6.07, 6.45) is -4.46. The molecule has 2 nitrogen and oxygen atoms in total. The molecule has 62 valence electrons. The van der Waals surface area contributed by atoms with E-state index in [0.29, 0.717) is 0 Å². The lowest BCUT2D eigenvalue weighted by Crippen LogP contribution is -2.38. The number of hydrogen-bond acceptors (Lipinski definition) is 2. The molecule has 0 radical (unpaired) electrons. The molecule has 10 heavy (non-hydrogen) atoms. The number of rotatable bonds is 1. The first-order valence-electron chi connectivity index (χ1n) is 2.73. The zero-order valence-corrected chi connectivity index (χ0v) is 6.04. The van der Waals surface area contributed by atoms with Gasteiger partial charge in [0.05, 0.1) is 5.60 Å². The summed E-state index contributed by atoms with van der Waals surface area (Å²) in [5, 5.41) is 0. The fraction of sp³-hybridized carbons (Fsp3) is 1.00. The van der Waals surface area contributed by atoms with Crippen LogP contribution < -0.4 is 5.48 Å². The molecule has 0 saturated carbocycles. The Labute approximate surface area is 57.3 Å². The highest BCUT2D eigenvalue weighted by Crippen LogP contribution is 2.13. The monoisotopic (exact) mass is 157 g/mol. The van der Waals surface area contributed by atoms with Gasteiger partial charge in [0.15, 0.2) is 0 Å². The smallest absolute Gasteiger partial charge is 0.288 e. The topological polar surface area (TPSA) is 21.3 Å². The maximum Gasteiger partial charge on any atom is 0.480 e. The molecule has 0 aliphatic heterocycles. The third-order valence-electron chi connectivity index (χ3n) is 0.473. The van der Waals surface area contributed by atoms with Crippen LogP contribution in [0.15, 0.2) is 0 Å². The first-order valence-corrected chi connectivity index (χ1v) is 2.73. The van der Waals surface area contributed by atoms with Crippen LogP contribution in [0, 0.1) is 0 Å². The molecule has 0 rings (SSSR count). The molecule has 0 aromatic rings. The molecule has 1 N–H and O–H groups in total. The van der Waals surface area contributed by atoms with E-state index < -0.39 is 11.9 Å². The van der Waals surface area contributed by atoms with Crippen LogP contribution in [0.4, 0.5) is 13.2 Å². The van der Waals surface area contributed by atoms with E-state index in [-0.39, 0.29) is 0 Å². The summed E-state index contributed by atoms with van der Waals surface area (Å²) in [5.41, 5.74) is 0.138. The molecule has 5 heteroatoms. The highest BCUT2D eigenvalue weighted by molar-refractivity contribution is 4.56. The van der Waals surface area contributed by atoms with E-state index in [9.17, 15) is 13.2 Å². The van der Waals surface area contributed by atoms with E-state index in [4.69, 9.17) is 0 Å². The second-order valence-corrected chi connectivity index (χ2v) is 2.81. The number of hydrogen-bond donors (Lipinski definition) is 1. The van der Waals surface area contributed by atoms with Crippen molar-refractivity contribution >= 4 is 0 Å². The minimum Gasteiger partial charge on any atom is -0.288 e. The van der Waals surface area contributed by atoms with E-state index in [1.54, 1.807) is 0 Å². The van der Waals surface area contributed by atoms with E-state index in [0.717, 1.165) is 5.48 Å². The maximum absolute atomic E-state index is 11.3. The number of hydroxylamine groups is 1. The Morgan fingerprint density at radius 2 is 1.50 bits per heavy atom. The van der Waals surface area contributed by atoms with Crippen molar-refractivity contribution in [1.29, 1.82) is 0 Å². The van der Waals surface area contributed by atoms with Gasteiger partial charge < -0.3 is 0 Å². The van der Waals surface area contributed by atoms with Gasteiger partial charge in [-0.3, -0.25) is 4.84 Å². The van der Waals surface area contributed by atoms with Crippen molar-refractivity contribution in [3.63, 3.8) is 0 Å². The van der Waals surface area contributed by atoms with E-state index in [2.05, 4.69) is 4.84 Å². The third-order valence-corrected chi connectivity index (χ3v) is 0.473. The zero-order valence-electron chi connectivity index (χ0n) is 6.04. The molecule has 0 fully saturated rings. The van der Waals surface area contributed by atoms with Gasteiger partial charge in [0.25, 0.3) is 0 Å². The standard InChI is InChI=1S/C5H10F3NO/c1-4(2,3)10-9-5(6,7)8/h9H,1-3H3. The second-order valence-electron chi connectivity index (χ2n) is 2.81. The summed E-state index contributed by atoms with van der Waals surface area (Å²) in [5.74, 6) is 0. The molecule has 0 aromatic carbocycles. The maximum atomic E-state index is 11.3. The van der Waals surface area contributed by atoms with Crippen molar-refractivity contribution in [1.82, 2.24) is 5.48 Å². The lowest BCUT2D eigenvalue weighted by atomic mass is 10.2. The Bertz CT molecular complexity index is 90.4. The fourth-order valence-electron chi connectivity index (χ4n) is 0.211. The Morgan fingerprint density at radius 1 is 1.10 bits per heavy atom. The van der Waals surface area contributed by atoms with Crippen LogP contribution in [0.1, 0.15) is 20.8 Å². The summed E-state index contributed by atoms with van der Waals surface area (Å²) < 4.78 is 34.0. The normalized spacial score (nSPS) is 13.8. The molecule has 0 atom stereocenters. The Kier molecular flexibility index (Phi) is 2.67. The SMILES string of the molecule is CC(C)(C)ONC(F)(F)F. The molecule has 0 aromatic heterocycles. The van der Waals surface area contributed by atoms with Gasteiger partial charge >= 0.3 is 6.30 Å². The largest absolute Gasteiger partial charge is 0.480 e. The van der Waals surface area contributed by atoms with Gasteiger partial charge in [-0.05, 0) is 20.8 Å². The highest BCUT2D eigenvalue weighted by atomic mass is 19.4.